The van der Waals surface area contributed by atoms with Crippen LogP contribution in [0.5, 0.6) is 0 Å². The zero-order valence-electron chi connectivity index (χ0n) is 10.5. The third-order valence-corrected chi connectivity index (χ3v) is 5.20. The molecule has 1 aliphatic rings. The molecule has 7 heteroatoms. The minimum atomic E-state index is -4.13. The van der Waals surface area contributed by atoms with Gasteiger partial charge < -0.3 is 4.74 Å². The molecule has 0 aromatic heterocycles. The molecule has 0 amide bonds. The minimum Gasteiger partial charge on any atom is -0.381 e. The molecule has 0 unspecified atom stereocenters. The van der Waals surface area contributed by atoms with E-state index in [-0.39, 0.29) is 19.2 Å². The molecule has 1 heterocycles. The van der Waals surface area contributed by atoms with E-state index >= 15 is 0 Å². The molecular weight excluding hydrogens is 276 g/mol. The summed E-state index contributed by atoms with van der Waals surface area (Å²) in [6, 6.07) is 3.02. The van der Waals surface area contributed by atoms with Crippen molar-refractivity contribution < 1.29 is 21.9 Å². The number of methoxy groups -OCH3 is 1. The van der Waals surface area contributed by atoms with Crippen molar-refractivity contribution in [2.45, 2.75) is 23.8 Å². The van der Waals surface area contributed by atoms with Gasteiger partial charge in [-0.15, -0.1) is 0 Å². The molecule has 4 nitrogen and oxygen atoms in total. The van der Waals surface area contributed by atoms with Crippen LogP contribution in [0.25, 0.3) is 0 Å². The number of halogens is 2. The van der Waals surface area contributed by atoms with E-state index in [1.807, 2.05) is 0 Å². The molecule has 0 spiro atoms. The molecule has 1 aromatic carbocycles. The van der Waals surface area contributed by atoms with Crippen molar-refractivity contribution in [2.24, 2.45) is 0 Å². The molecule has 19 heavy (non-hydrogen) atoms. The summed E-state index contributed by atoms with van der Waals surface area (Å²) >= 11 is 0. The van der Waals surface area contributed by atoms with Gasteiger partial charge in [0.15, 0.2) is 4.90 Å². The normalized spacial score (nSPS) is 18.7. The highest BCUT2D eigenvalue weighted by atomic mass is 32.2. The Balaban J connectivity index is 2.29. The molecule has 2 rings (SSSR count). The average Bonchev–Trinajstić information content (AvgIpc) is 2.38. The summed E-state index contributed by atoms with van der Waals surface area (Å²) in [5.74, 6) is -2.12. The first-order chi connectivity index (χ1) is 8.96. The third-order valence-electron chi connectivity index (χ3n) is 3.25. The second-order valence-corrected chi connectivity index (χ2v) is 6.26. The Hall–Kier alpha value is -1.05. The van der Waals surface area contributed by atoms with Gasteiger partial charge in [-0.1, -0.05) is 6.07 Å². The predicted molar refractivity (Wildman–Crippen MR) is 65.1 cm³/mol. The number of hydrogen-bond donors (Lipinski definition) is 0. The molecule has 0 N–H and O–H groups in total. The van der Waals surface area contributed by atoms with E-state index in [0.717, 1.165) is 22.5 Å². The van der Waals surface area contributed by atoms with Gasteiger partial charge in [0.25, 0.3) is 0 Å². The maximum absolute atomic E-state index is 13.6. The second kappa shape index (κ2) is 5.52. The molecule has 1 aromatic rings. The van der Waals surface area contributed by atoms with Gasteiger partial charge in [-0.25, -0.2) is 17.2 Å². The van der Waals surface area contributed by atoms with Crippen LogP contribution < -0.4 is 0 Å². The van der Waals surface area contributed by atoms with Crippen LogP contribution in [0.2, 0.25) is 0 Å². The minimum absolute atomic E-state index is 0.00285. The van der Waals surface area contributed by atoms with Crippen LogP contribution in [0, 0.1) is 11.6 Å². The van der Waals surface area contributed by atoms with E-state index in [1.165, 1.54) is 0 Å². The first-order valence-electron chi connectivity index (χ1n) is 5.93. The molecule has 1 fully saturated rings. The Morgan fingerprint density at radius 2 is 1.74 bits per heavy atom. The number of rotatable bonds is 3. The Kier molecular flexibility index (Phi) is 4.17. The van der Waals surface area contributed by atoms with Crippen LogP contribution in [0.1, 0.15) is 12.8 Å². The summed E-state index contributed by atoms with van der Waals surface area (Å²) in [6.45, 7) is 0.406. The van der Waals surface area contributed by atoms with Gasteiger partial charge in [0, 0.05) is 20.2 Å². The summed E-state index contributed by atoms with van der Waals surface area (Å²) in [5, 5.41) is 0. The van der Waals surface area contributed by atoms with Gasteiger partial charge >= 0.3 is 0 Å². The SMILES string of the molecule is COC1CCN(S(=O)(=O)c2c(F)cccc2F)CC1. The van der Waals surface area contributed by atoms with E-state index in [4.69, 9.17) is 4.74 Å². The lowest BCUT2D eigenvalue weighted by molar-refractivity contribution is 0.0603. The zero-order valence-corrected chi connectivity index (χ0v) is 11.3. The summed E-state index contributed by atoms with van der Waals surface area (Å²) in [6.07, 6.45) is 1.04. The maximum atomic E-state index is 13.6. The van der Waals surface area contributed by atoms with E-state index in [0.29, 0.717) is 12.8 Å². The van der Waals surface area contributed by atoms with E-state index in [1.54, 1.807) is 7.11 Å². The van der Waals surface area contributed by atoms with Crippen molar-refractivity contribution >= 4 is 10.0 Å². The van der Waals surface area contributed by atoms with Crippen LogP contribution in [-0.4, -0.2) is 39.0 Å². The first kappa shape index (κ1) is 14.4. The van der Waals surface area contributed by atoms with Gasteiger partial charge in [0.2, 0.25) is 10.0 Å². The lowest BCUT2D eigenvalue weighted by atomic mass is 10.1. The predicted octanol–water partition coefficient (Wildman–Crippen LogP) is 1.76. The highest BCUT2D eigenvalue weighted by Gasteiger charge is 2.33. The van der Waals surface area contributed by atoms with Crippen molar-refractivity contribution in [3.8, 4) is 0 Å². The van der Waals surface area contributed by atoms with Crippen molar-refractivity contribution in [3.63, 3.8) is 0 Å². The van der Waals surface area contributed by atoms with Crippen LogP contribution in [0.15, 0.2) is 23.1 Å². The van der Waals surface area contributed by atoms with Crippen molar-refractivity contribution in [1.29, 1.82) is 0 Å². The lowest BCUT2D eigenvalue weighted by Crippen LogP contribution is -2.41. The van der Waals surface area contributed by atoms with Crippen LogP contribution in [-0.2, 0) is 14.8 Å². The van der Waals surface area contributed by atoms with Crippen molar-refractivity contribution in [1.82, 2.24) is 4.31 Å². The molecule has 0 aliphatic carbocycles. The Bertz CT molecular complexity index is 534. The molecule has 106 valence electrons. The number of sulfonamides is 1. The summed E-state index contributed by atoms with van der Waals surface area (Å²) in [5.41, 5.74) is 0. The standard InChI is InChI=1S/C12H15F2NO3S/c1-18-9-5-7-15(8-6-9)19(16,17)12-10(13)3-2-4-11(12)14/h2-4,9H,5-8H2,1H3. The molecule has 0 bridgehead atoms. The van der Waals surface area contributed by atoms with E-state index in [9.17, 15) is 17.2 Å². The molecular formula is C12H15F2NO3S. The zero-order chi connectivity index (χ0) is 14.0. The van der Waals surface area contributed by atoms with Crippen molar-refractivity contribution in [3.05, 3.63) is 29.8 Å². The fourth-order valence-corrected chi connectivity index (χ4v) is 3.74. The average molecular weight is 291 g/mol. The number of piperidine rings is 1. The van der Waals surface area contributed by atoms with Gasteiger partial charge in [0.05, 0.1) is 6.10 Å². The topological polar surface area (TPSA) is 46.6 Å². The third kappa shape index (κ3) is 2.77. The Labute approximate surface area is 111 Å². The van der Waals surface area contributed by atoms with Crippen molar-refractivity contribution in [2.75, 3.05) is 20.2 Å². The van der Waals surface area contributed by atoms with Gasteiger partial charge in [0.1, 0.15) is 11.6 Å². The number of benzene rings is 1. The number of nitrogens with zero attached hydrogens (tertiary/aromatic N) is 1. The monoisotopic (exact) mass is 291 g/mol. The van der Waals surface area contributed by atoms with Gasteiger partial charge in [-0.2, -0.15) is 4.31 Å². The highest BCUT2D eigenvalue weighted by Crippen LogP contribution is 2.25. The van der Waals surface area contributed by atoms with Gasteiger partial charge in [-0.05, 0) is 25.0 Å². The van der Waals surface area contributed by atoms with Crippen LogP contribution >= 0.6 is 0 Å². The van der Waals surface area contributed by atoms with Crippen LogP contribution in [0.3, 0.4) is 0 Å². The highest BCUT2D eigenvalue weighted by molar-refractivity contribution is 7.89. The Morgan fingerprint density at radius 3 is 2.21 bits per heavy atom. The molecule has 0 saturated carbocycles. The van der Waals surface area contributed by atoms with Crippen LogP contribution in [0.4, 0.5) is 8.78 Å². The molecule has 0 radical (unpaired) electrons. The fourth-order valence-electron chi connectivity index (χ4n) is 2.17. The molecule has 0 atom stereocenters. The second-order valence-electron chi connectivity index (χ2n) is 4.39. The smallest absolute Gasteiger partial charge is 0.248 e. The number of hydrogen-bond acceptors (Lipinski definition) is 3. The summed E-state index contributed by atoms with van der Waals surface area (Å²) in [4.78, 5) is -0.870. The van der Waals surface area contributed by atoms with Gasteiger partial charge in [-0.3, -0.25) is 0 Å². The molecule has 1 aliphatic heterocycles. The first-order valence-corrected chi connectivity index (χ1v) is 7.37. The lowest BCUT2D eigenvalue weighted by Gasteiger charge is -2.30. The largest absolute Gasteiger partial charge is 0.381 e. The number of ether oxygens (including phenoxy) is 1. The quantitative estimate of drug-likeness (QED) is 0.852. The Morgan fingerprint density at radius 1 is 1.21 bits per heavy atom. The van der Waals surface area contributed by atoms with E-state index in [2.05, 4.69) is 0 Å². The summed E-state index contributed by atoms with van der Waals surface area (Å²) < 4.78 is 57.8. The molecule has 1 saturated heterocycles. The maximum Gasteiger partial charge on any atom is 0.248 e. The van der Waals surface area contributed by atoms with E-state index < -0.39 is 26.6 Å². The fraction of sp³-hybridized carbons (Fsp3) is 0.500. The summed E-state index contributed by atoms with van der Waals surface area (Å²) in [7, 11) is -2.57.